The second-order valence-electron chi connectivity index (χ2n) is 4.77. The lowest BCUT2D eigenvalue weighted by Gasteiger charge is -2.05. The van der Waals surface area contributed by atoms with Crippen LogP contribution >= 0.6 is 11.6 Å². The van der Waals surface area contributed by atoms with Crippen LogP contribution in [0.5, 0.6) is 0 Å². The van der Waals surface area contributed by atoms with E-state index in [1.54, 1.807) is 36.0 Å². The van der Waals surface area contributed by atoms with E-state index in [1.165, 1.54) is 6.07 Å². The summed E-state index contributed by atoms with van der Waals surface area (Å²) in [7, 11) is 1.82. The molecule has 0 saturated heterocycles. The minimum atomic E-state index is -0.293. The molecule has 3 aromatic rings. The van der Waals surface area contributed by atoms with Crippen molar-refractivity contribution in [3.05, 3.63) is 53.2 Å². The van der Waals surface area contributed by atoms with Gasteiger partial charge in [0.25, 0.3) is 0 Å². The zero-order chi connectivity index (χ0) is 15.0. The van der Waals surface area contributed by atoms with E-state index in [4.69, 9.17) is 11.6 Å². The highest BCUT2D eigenvalue weighted by molar-refractivity contribution is 6.29. The maximum atomic E-state index is 13.7. The molecule has 2 aromatic heterocycles. The molecule has 0 aliphatic carbocycles. The van der Waals surface area contributed by atoms with Crippen LogP contribution in [0.25, 0.3) is 22.6 Å². The van der Waals surface area contributed by atoms with Gasteiger partial charge in [0.15, 0.2) is 5.82 Å². The van der Waals surface area contributed by atoms with Gasteiger partial charge >= 0.3 is 0 Å². The Morgan fingerprint density at radius 2 is 1.95 bits per heavy atom. The largest absolute Gasteiger partial charge is 0.275 e. The molecule has 4 nitrogen and oxygen atoms in total. The van der Waals surface area contributed by atoms with Crippen LogP contribution < -0.4 is 0 Å². The lowest BCUT2D eigenvalue weighted by molar-refractivity contribution is 0.619. The number of aromatic nitrogens is 4. The van der Waals surface area contributed by atoms with Gasteiger partial charge < -0.3 is 0 Å². The first-order valence-corrected chi connectivity index (χ1v) is 6.71. The summed E-state index contributed by atoms with van der Waals surface area (Å²) in [6.45, 7) is 1.71. The van der Waals surface area contributed by atoms with Gasteiger partial charge in [-0.1, -0.05) is 23.7 Å². The van der Waals surface area contributed by atoms with Gasteiger partial charge in [-0.05, 0) is 18.6 Å². The molecule has 2 heterocycles. The summed E-state index contributed by atoms with van der Waals surface area (Å²) in [6.07, 6.45) is 3.52. The smallest absolute Gasteiger partial charge is 0.161 e. The molecule has 21 heavy (non-hydrogen) atoms. The van der Waals surface area contributed by atoms with Crippen molar-refractivity contribution in [2.75, 3.05) is 0 Å². The van der Waals surface area contributed by atoms with Gasteiger partial charge in [0.2, 0.25) is 0 Å². The Morgan fingerprint density at radius 3 is 2.62 bits per heavy atom. The van der Waals surface area contributed by atoms with Crippen molar-refractivity contribution >= 4 is 11.6 Å². The Bertz CT molecular complexity index is 813. The first kappa shape index (κ1) is 13.7. The van der Waals surface area contributed by atoms with Crippen molar-refractivity contribution in [1.29, 1.82) is 0 Å². The molecule has 0 bridgehead atoms. The molecule has 0 N–H and O–H groups in total. The highest BCUT2D eigenvalue weighted by Gasteiger charge is 2.10. The Labute approximate surface area is 126 Å². The predicted molar refractivity (Wildman–Crippen MR) is 79.4 cm³/mol. The van der Waals surface area contributed by atoms with Crippen LogP contribution in [0.4, 0.5) is 4.39 Å². The van der Waals surface area contributed by atoms with Gasteiger partial charge in [0.05, 0.1) is 11.9 Å². The van der Waals surface area contributed by atoms with E-state index in [1.807, 2.05) is 13.2 Å². The molecule has 3 rings (SSSR count). The van der Waals surface area contributed by atoms with E-state index >= 15 is 0 Å². The van der Waals surface area contributed by atoms with Gasteiger partial charge in [0.1, 0.15) is 11.0 Å². The summed E-state index contributed by atoms with van der Waals surface area (Å²) in [5.74, 6) is 0.0965. The average molecular weight is 303 g/mol. The molecule has 1 aromatic carbocycles. The van der Waals surface area contributed by atoms with Crippen molar-refractivity contribution in [3.8, 4) is 22.6 Å². The van der Waals surface area contributed by atoms with Crippen LogP contribution in [0.1, 0.15) is 5.56 Å². The van der Waals surface area contributed by atoms with E-state index in [-0.39, 0.29) is 5.82 Å². The maximum absolute atomic E-state index is 13.7. The van der Waals surface area contributed by atoms with Gasteiger partial charge in [-0.3, -0.25) is 4.68 Å². The first-order valence-electron chi connectivity index (χ1n) is 6.33. The highest BCUT2D eigenvalue weighted by atomic mass is 35.5. The molecule has 0 saturated carbocycles. The van der Waals surface area contributed by atoms with Crippen LogP contribution in [-0.2, 0) is 7.05 Å². The van der Waals surface area contributed by atoms with E-state index < -0.39 is 0 Å². The molecule has 0 fully saturated rings. The van der Waals surface area contributed by atoms with Crippen molar-refractivity contribution in [2.24, 2.45) is 7.05 Å². The number of rotatable bonds is 2. The number of hydrogen-bond acceptors (Lipinski definition) is 3. The minimum absolute atomic E-state index is 0.293. The molecular weight excluding hydrogens is 291 g/mol. The fraction of sp³-hybridized carbons (Fsp3) is 0.133. The van der Waals surface area contributed by atoms with Crippen molar-refractivity contribution in [3.63, 3.8) is 0 Å². The monoisotopic (exact) mass is 302 g/mol. The normalized spacial score (nSPS) is 10.9. The molecule has 0 unspecified atom stereocenters. The highest BCUT2D eigenvalue weighted by Crippen LogP contribution is 2.25. The van der Waals surface area contributed by atoms with Crippen LogP contribution in [-0.4, -0.2) is 19.7 Å². The standard InChI is InChI=1S/C15H12ClFN4/c1-9-3-4-10(5-12(9)17)15-19-13(6-14(16)20-15)11-7-18-21(2)8-11/h3-8H,1-2H3. The van der Waals surface area contributed by atoms with E-state index in [2.05, 4.69) is 15.1 Å². The third-order valence-corrected chi connectivity index (χ3v) is 3.32. The fourth-order valence-corrected chi connectivity index (χ4v) is 2.16. The molecule has 0 aliphatic rings. The Hall–Kier alpha value is -2.27. The summed E-state index contributed by atoms with van der Waals surface area (Å²) in [5, 5.41) is 4.41. The maximum Gasteiger partial charge on any atom is 0.161 e. The van der Waals surface area contributed by atoms with E-state index in [0.29, 0.717) is 27.8 Å². The van der Waals surface area contributed by atoms with E-state index in [0.717, 1.165) is 5.56 Å². The summed E-state index contributed by atoms with van der Waals surface area (Å²) < 4.78 is 15.4. The minimum Gasteiger partial charge on any atom is -0.275 e. The lowest BCUT2D eigenvalue weighted by atomic mass is 10.1. The fourth-order valence-electron chi connectivity index (χ4n) is 1.98. The summed E-state index contributed by atoms with van der Waals surface area (Å²) in [6, 6.07) is 6.54. The van der Waals surface area contributed by atoms with Gasteiger partial charge in [-0.15, -0.1) is 0 Å². The average Bonchev–Trinajstić information content (AvgIpc) is 2.88. The summed E-state index contributed by atoms with van der Waals surface area (Å²) in [4.78, 5) is 8.61. The van der Waals surface area contributed by atoms with Crippen molar-refractivity contribution in [2.45, 2.75) is 6.92 Å². The number of halogens is 2. The van der Waals surface area contributed by atoms with Gasteiger partial charge in [-0.2, -0.15) is 5.10 Å². The summed E-state index contributed by atoms with van der Waals surface area (Å²) >= 11 is 6.06. The van der Waals surface area contributed by atoms with Crippen molar-refractivity contribution < 1.29 is 4.39 Å². The number of benzene rings is 1. The second-order valence-corrected chi connectivity index (χ2v) is 5.15. The Morgan fingerprint density at radius 1 is 1.14 bits per heavy atom. The number of hydrogen-bond donors (Lipinski definition) is 0. The topological polar surface area (TPSA) is 43.6 Å². The van der Waals surface area contributed by atoms with E-state index in [9.17, 15) is 4.39 Å². The van der Waals surface area contributed by atoms with Crippen molar-refractivity contribution in [1.82, 2.24) is 19.7 Å². The third-order valence-electron chi connectivity index (χ3n) is 3.13. The Balaban J connectivity index is 2.11. The molecular formula is C15H12ClFN4. The van der Waals surface area contributed by atoms with Crippen LogP contribution in [0.15, 0.2) is 36.7 Å². The van der Waals surface area contributed by atoms with Crippen LogP contribution in [0, 0.1) is 12.7 Å². The number of aryl methyl sites for hydroxylation is 2. The van der Waals surface area contributed by atoms with Crippen LogP contribution in [0.2, 0.25) is 5.15 Å². The van der Waals surface area contributed by atoms with Gasteiger partial charge in [-0.25, -0.2) is 14.4 Å². The molecule has 0 spiro atoms. The molecule has 0 radical (unpaired) electrons. The second kappa shape index (κ2) is 5.26. The SMILES string of the molecule is Cc1ccc(-c2nc(Cl)cc(-c3cnn(C)c3)n2)cc1F. The molecule has 0 amide bonds. The molecule has 0 atom stereocenters. The first-order chi connectivity index (χ1) is 10.0. The summed E-state index contributed by atoms with van der Waals surface area (Å²) in [5.41, 5.74) is 2.65. The third kappa shape index (κ3) is 2.78. The van der Waals surface area contributed by atoms with Gasteiger partial charge in [0, 0.05) is 30.4 Å². The molecule has 106 valence electrons. The molecule has 6 heteroatoms. The van der Waals surface area contributed by atoms with Crippen LogP contribution in [0.3, 0.4) is 0 Å². The molecule has 0 aliphatic heterocycles. The quantitative estimate of drug-likeness (QED) is 0.679. The number of nitrogens with zero attached hydrogens (tertiary/aromatic N) is 4. The Kier molecular flexibility index (Phi) is 3.43. The zero-order valence-corrected chi connectivity index (χ0v) is 12.3. The lowest BCUT2D eigenvalue weighted by Crippen LogP contribution is -1.94. The zero-order valence-electron chi connectivity index (χ0n) is 11.5. The predicted octanol–water partition coefficient (Wildman–Crippen LogP) is 3.65.